The number of hydrogen-bond donors (Lipinski definition) is 0. The molecule has 0 radical (unpaired) electrons. The molecule has 0 saturated heterocycles. The van der Waals surface area contributed by atoms with E-state index < -0.39 is 17.7 Å². The van der Waals surface area contributed by atoms with Crippen molar-refractivity contribution in [3.8, 4) is 0 Å². The van der Waals surface area contributed by atoms with Gasteiger partial charge < -0.3 is 9.30 Å². The van der Waals surface area contributed by atoms with Crippen LogP contribution in [0.1, 0.15) is 16.1 Å². The third kappa shape index (κ3) is 1.94. The Hall–Kier alpha value is -1.98. The molecular weight excluding hydrogens is 247 g/mol. The van der Waals surface area contributed by atoms with Gasteiger partial charge in [0.05, 0.1) is 12.7 Å². The first-order valence-electron chi connectivity index (χ1n) is 5.09. The van der Waals surface area contributed by atoms with Gasteiger partial charge in [-0.25, -0.2) is 4.79 Å². The molecule has 1 aromatic carbocycles. The molecule has 0 unspecified atom stereocenters. The van der Waals surface area contributed by atoms with Crippen molar-refractivity contribution < 1.29 is 22.7 Å². The summed E-state index contributed by atoms with van der Waals surface area (Å²) in [4.78, 5) is 11.4. The fourth-order valence-corrected chi connectivity index (χ4v) is 1.83. The zero-order chi connectivity index (χ0) is 13.5. The Labute approximate surface area is 101 Å². The Kier molecular flexibility index (Phi) is 2.80. The van der Waals surface area contributed by atoms with Gasteiger partial charge in [0, 0.05) is 18.0 Å². The standard InChI is InChI=1S/C12H10F3NO2/c1-16-9-4-3-8(12(13,14)15)5-7(9)6-10(16)11(17)18-2/h3-6H,1-2H3. The largest absolute Gasteiger partial charge is 0.464 e. The highest BCUT2D eigenvalue weighted by molar-refractivity contribution is 5.95. The number of hydrogen-bond acceptors (Lipinski definition) is 2. The lowest BCUT2D eigenvalue weighted by Gasteiger charge is -2.06. The molecule has 0 saturated carbocycles. The van der Waals surface area contributed by atoms with E-state index in [0.29, 0.717) is 10.9 Å². The lowest BCUT2D eigenvalue weighted by atomic mass is 10.1. The summed E-state index contributed by atoms with van der Waals surface area (Å²) in [6.07, 6.45) is -4.39. The number of ether oxygens (including phenoxy) is 1. The van der Waals surface area contributed by atoms with Gasteiger partial charge in [-0.3, -0.25) is 0 Å². The van der Waals surface area contributed by atoms with Gasteiger partial charge in [0.15, 0.2) is 0 Å². The van der Waals surface area contributed by atoms with Crippen LogP contribution in [0, 0.1) is 0 Å². The number of halogens is 3. The minimum absolute atomic E-state index is 0.215. The number of carbonyl (C=O) groups is 1. The molecule has 0 aliphatic carbocycles. The third-order valence-corrected chi connectivity index (χ3v) is 2.76. The number of esters is 1. The molecule has 0 atom stereocenters. The topological polar surface area (TPSA) is 31.2 Å². The SMILES string of the molecule is COC(=O)c1cc2cc(C(F)(F)F)ccc2n1C. The third-order valence-electron chi connectivity index (χ3n) is 2.76. The van der Waals surface area contributed by atoms with Crippen LogP contribution in [0.4, 0.5) is 13.2 Å². The van der Waals surface area contributed by atoms with E-state index in [1.54, 1.807) is 7.05 Å². The number of aryl methyl sites for hydroxylation is 1. The van der Waals surface area contributed by atoms with Crippen molar-refractivity contribution in [2.75, 3.05) is 7.11 Å². The van der Waals surface area contributed by atoms with Gasteiger partial charge in [0.1, 0.15) is 5.69 Å². The molecular formula is C12H10F3NO2. The van der Waals surface area contributed by atoms with Gasteiger partial charge in [-0.15, -0.1) is 0 Å². The highest BCUT2D eigenvalue weighted by Crippen LogP contribution is 2.32. The molecule has 0 bridgehead atoms. The van der Waals surface area contributed by atoms with E-state index in [4.69, 9.17) is 0 Å². The van der Waals surface area contributed by atoms with Gasteiger partial charge in [0.25, 0.3) is 0 Å². The lowest BCUT2D eigenvalue weighted by molar-refractivity contribution is -0.137. The van der Waals surface area contributed by atoms with E-state index >= 15 is 0 Å². The Morgan fingerprint density at radius 2 is 1.94 bits per heavy atom. The molecule has 6 heteroatoms. The summed E-state index contributed by atoms with van der Waals surface area (Å²) in [5, 5.41) is 0.354. The molecule has 2 rings (SSSR count). The molecule has 0 aliphatic rings. The van der Waals surface area contributed by atoms with Gasteiger partial charge in [-0.1, -0.05) is 0 Å². The van der Waals surface area contributed by atoms with Crippen LogP contribution in [0.5, 0.6) is 0 Å². The van der Waals surface area contributed by atoms with Gasteiger partial charge in [0.2, 0.25) is 0 Å². The number of carbonyl (C=O) groups excluding carboxylic acids is 1. The highest BCUT2D eigenvalue weighted by Gasteiger charge is 2.30. The molecule has 96 valence electrons. The first kappa shape index (κ1) is 12.5. The van der Waals surface area contributed by atoms with E-state index in [9.17, 15) is 18.0 Å². The number of rotatable bonds is 1. The van der Waals surface area contributed by atoms with Gasteiger partial charge >= 0.3 is 12.1 Å². The molecule has 18 heavy (non-hydrogen) atoms. The van der Waals surface area contributed by atoms with Crippen LogP contribution >= 0.6 is 0 Å². The molecule has 0 spiro atoms. The molecule has 1 heterocycles. The van der Waals surface area contributed by atoms with Crippen LogP contribution in [0.25, 0.3) is 10.9 Å². The zero-order valence-corrected chi connectivity index (χ0v) is 9.71. The highest BCUT2D eigenvalue weighted by atomic mass is 19.4. The fourth-order valence-electron chi connectivity index (χ4n) is 1.83. The number of benzene rings is 1. The summed E-state index contributed by atoms with van der Waals surface area (Å²) in [5.41, 5.74) is 0.0206. The van der Waals surface area contributed by atoms with Crippen LogP contribution in [0.15, 0.2) is 24.3 Å². The van der Waals surface area contributed by atoms with E-state index in [1.165, 1.54) is 23.8 Å². The van der Waals surface area contributed by atoms with Crippen molar-refractivity contribution in [3.05, 3.63) is 35.5 Å². The Bertz CT molecular complexity index is 614. The van der Waals surface area contributed by atoms with Crippen molar-refractivity contribution in [1.29, 1.82) is 0 Å². The lowest BCUT2D eigenvalue weighted by Crippen LogP contribution is -2.07. The summed E-state index contributed by atoms with van der Waals surface area (Å²) >= 11 is 0. The minimum Gasteiger partial charge on any atom is -0.464 e. The molecule has 0 aliphatic heterocycles. The number of methoxy groups -OCH3 is 1. The number of nitrogens with zero attached hydrogens (tertiary/aromatic N) is 1. The minimum atomic E-state index is -4.39. The second-order valence-electron chi connectivity index (χ2n) is 3.85. The second-order valence-corrected chi connectivity index (χ2v) is 3.85. The summed E-state index contributed by atoms with van der Waals surface area (Å²) in [5.74, 6) is -0.581. The molecule has 1 aromatic heterocycles. The van der Waals surface area contributed by atoms with Crippen molar-refractivity contribution in [3.63, 3.8) is 0 Å². The first-order valence-corrected chi connectivity index (χ1v) is 5.09. The first-order chi connectivity index (χ1) is 8.34. The number of alkyl halides is 3. The maximum atomic E-state index is 12.5. The molecule has 0 N–H and O–H groups in total. The summed E-state index contributed by atoms with van der Waals surface area (Å²) in [6.45, 7) is 0. The van der Waals surface area contributed by atoms with E-state index in [0.717, 1.165) is 12.1 Å². The van der Waals surface area contributed by atoms with E-state index in [1.807, 2.05) is 0 Å². The summed E-state index contributed by atoms with van der Waals surface area (Å²) in [6, 6.07) is 4.73. The maximum Gasteiger partial charge on any atom is 0.416 e. The van der Waals surface area contributed by atoms with Crippen LogP contribution in [-0.2, 0) is 18.0 Å². The van der Waals surface area contributed by atoms with Crippen molar-refractivity contribution in [2.24, 2.45) is 7.05 Å². The Morgan fingerprint density at radius 3 is 2.50 bits per heavy atom. The molecule has 0 fully saturated rings. The average molecular weight is 257 g/mol. The smallest absolute Gasteiger partial charge is 0.416 e. The normalized spacial score (nSPS) is 11.8. The van der Waals surface area contributed by atoms with Crippen LogP contribution < -0.4 is 0 Å². The van der Waals surface area contributed by atoms with Gasteiger partial charge in [-0.05, 0) is 24.3 Å². The van der Waals surface area contributed by atoms with Crippen LogP contribution in [0.3, 0.4) is 0 Å². The maximum absolute atomic E-state index is 12.5. The Balaban J connectivity index is 2.62. The molecule has 0 amide bonds. The van der Waals surface area contributed by atoms with E-state index in [-0.39, 0.29) is 5.69 Å². The van der Waals surface area contributed by atoms with Crippen molar-refractivity contribution in [1.82, 2.24) is 4.57 Å². The summed E-state index contributed by atoms with van der Waals surface area (Å²) in [7, 11) is 2.82. The van der Waals surface area contributed by atoms with Crippen molar-refractivity contribution >= 4 is 16.9 Å². The Morgan fingerprint density at radius 1 is 1.28 bits per heavy atom. The quantitative estimate of drug-likeness (QED) is 0.735. The van der Waals surface area contributed by atoms with Crippen LogP contribution in [-0.4, -0.2) is 17.6 Å². The number of aromatic nitrogens is 1. The number of fused-ring (bicyclic) bond motifs is 1. The van der Waals surface area contributed by atoms with Gasteiger partial charge in [-0.2, -0.15) is 13.2 Å². The summed E-state index contributed by atoms with van der Waals surface area (Å²) < 4.78 is 43.7. The monoisotopic (exact) mass is 257 g/mol. The second kappa shape index (κ2) is 4.04. The molecule has 3 nitrogen and oxygen atoms in total. The average Bonchev–Trinajstić information content (AvgIpc) is 2.64. The van der Waals surface area contributed by atoms with Crippen molar-refractivity contribution in [2.45, 2.75) is 6.18 Å². The van der Waals surface area contributed by atoms with E-state index in [2.05, 4.69) is 4.74 Å². The molecule has 2 aromatic rings. The fraction of sp³-hybridized carbons (Fsp3) is 0.250. The predicted molar refractivity (Wildman–Crippen MR) is 59.3 cm³/mol. The van der Waals surface area contributed by atoms with Crippen LogP contribution in [0.2, 0.25) is 0 Å². The predicted octanol–water partition coefficient (Wildman–Crippen LogP) is 2.98. The zero-order valence-electron chi connectivity index (χ0n) is 9.71.